The molecular weight excluding hydrogens is 254 g/mol. The number of rotatable bonds is 3. The number of para-hydroxylation sites is 1. The van der Waals surface area contributed by atoms with Crippen LogP contribution in [0.3, 0.4) is 0 Å². The molecule has 0 aliphatic rings. The molecule has 1 heterocycles. The molecule has 0 unspecified atom stereocenters. The van der Waals surface area contributed by atoms with Crippen molar-refractivity contribution in [1.29, 1.82) is 0 Å². The molecule has 0 saturated carbocycles. The van der Waals surface area contributed by atoms with Gasteiger partial charge in [0.05, 0.1) is 11.7 Å². The van der Waals surface area contributed by atoms with Gasteiger partial charge in [-0.05, 0) is 49.8 Å². The van der Waals surface area contributed by atoms with E-state index in [1.165, 1.54) is 0 Å². The van der Waals surface area contributed by atoms with Crippen molar-refractivity contribution in [2.45, 2.75) is 19.9 Å². The molecule has 0 spiro atoms. The first-order valence-electron chi connectivity index (χ1n) is 6.21. The second-order valence-electron chi connectivity index (χ2n) is 4.39. The molecule has 0 bridgehead atoms. The van der Waals surface area contributed by atoms with E-state index in [0.29, 0.717) is 5.11 Å². The average Bonchev–Trinajstić information content (AvgIpc) is 2.42. The Morgan fingerprint density at radius 3 is 2.58 bits per heavy atom. The zero-order valence-electron chi connectivity index (χ0n) is 11.1. The molecule has 0 radical (unpaired) electrons. The number of nitrogens with one attached hydrogen (secondary N) is 2. The Labute approximate surface area is 119 Å². The normalized spacial score (nSPS) is 11.7. The van der Waals surface area contributed by atoms with Gasteiger partial charge in [-0.15, -0.1) is 0 Å². The van der Waals surface area contributed by atoms with E-state index in [-0.39, 0.29) is 6.04 Å². The highest BCUT2D eigenvalue weighted by molar-refractivity contribution is 7.80. The molecule has 0 aliphatic carbocycles. The van der Waals surface area contributed by atoms with Crippen molar-refractivity contribution < 1.29 is 0 Å². The lowest BCUT2D eigenvalue weighted by molar-refractivity contribution is 0.696. The van der Waals surface area contributed by atoms with Gasteiger partial charge in [-0.3, -0.25) is 4.98 Å². The van der Waals surface area contributed by atoms with E-state index in [1.54, 1.807) is 6.20 Å². The first-order valence-corrected chi connectivity index (χ1v) is 6.61. The Kier molecular flexibility index (Phi) is 4.47. The highest BCUT2D eigenvalue weighted by atomic mass is 32.1. The van der Waals surface area contributed by atoms with E-state index in [9.17, 15) is 0 Å². The third-order valence-corrected chi connectivity index (χ3v) is 3.09. The average molecular weight is 271 g/mol. The predicted molar refractivity (Wildman–Crippen MR) is 83.2 cm³/mol. The molecule has 98 valence electrons. The number of benzene rings is 1. The summed E-state index contributed by atoms with van der Waals surface area (Å²) >= 11 is 5.32. The molecule has 0 fully saturated rings. The van der Waals surface area contributed by atoms with Gasteiger partial charge in [0, 0.05) is 11.9 Å². The Morgan fingerprint density at radius 1 is 1.16 bits per heavy atom. The van der Waals surface area contributed by atoms with E-state index < -0.39 is 0 Å². The van der Waals surface area contributed by atoms with Crippen molar-refractivity contribution in [2.75, 3.05) is 5.32 Å². The summed E-state index contributed by atoms with van der Waals surface area (Å²) in [4.78, 5) is 4.31. The second kappa shape index (κ2) is 6.29. The lowest BCUT2D eigenvalue weighted by Crippen LogP contribution is -2.31. The number of aromatic nitrogens is 1. The molecule has 0 amide bonds. The van der Waals surface area contributed by atoms with Gasteiger partial charge in [0.1, 0.15) is 0 Å². The van der Waals surface area contributed by atoms with Crippen molar-refractivity contribution in [3.8, 4) is 0 Å². The number of aryl methyl sites for hydroxylation is 1. The molecule has 4 heteroatoms. The quantitative estimate of drug-likeness (QED) is 0.839. The van der Waals surface area contributed by atoms with Gasteiger partial charge < -0.3 is 10.6 Å². The minimum absolute atomic E-state index is 0.0743. The summed E-state index contributed by atoms with van der Waals surface area (Å²) in [7, 11) is 0. The third kappa shape index (κ3) is 3.76. The molecule has 1 aromatic carbocycles. The summed E-state index contributed by atoms with van der Waals surface area (Å²) in [6.07, 6.45) is 1.78. The SMILES string of the molecule is Cc1ccccc1NC(=S)N[C@@H](C)c1ccccn1. The Morgan fingerprint density at radius 2 is 1.89 bits per heavy atom. The summed E-state index contributed by atoms with van der Waals surface area (Å²) in [5.41, 5.74) is 3.15. The number of hydrogen-bond donors (Lipinski definition) is 2. The Balaban J connectivity index is 1.97. The van der Waals surface area contributed by atoms with Crippen LogP contribution in [0.5, 0.6) is 0 Å². The molecule has 2 aromatic rings. The molecule has 19 heavy (non-hydrogen) atoms. The van der Waals surface area contributed by atoms with Crippen LogP contribution in [0, 0.1) is 6.92 Å². The summed E-state index contributed by atoms with van der Waals surface area (Å²) in [6.45, 7) is 4.08. The van der Waals surface area contributed by atoms with E-state index in [1.807, 2.05) is 56.3 Å². The lowest BCUT2D eigenvalue weighted by Gasteiger charge is -2.17. The zero-order chi connectivity index (χ0) is 13.7. The number of hydrogen-bond acceptors (Lipinski definition) is 2. The highest BCUT2D eigenvalue weighted by Gasteiger charge is 2.08. The van der Waals surface area contributed by atoms with Gasteiger partial charge in [-0.1, -0.05) is 24.3 Å². The van der Waals surface area contributed by atoms with Gasteiger partial charge in [0.2, 0.25) is 0 Å². The van der Waals surface area contributed by atoms with Gasteiger partial charge >= 0.3 is 0 Å². The maximum Gasteiger partial charge on any atom is 0.171 e. The fourth-order valence-electron chi connectivity index (χ4n) is 1.77. The predicted octanol–water partition coefficient (Wildman–Crippen LogP) is 3.44. The first kappa shape index (κ1) is 13.5. The van der Waals surface area contributed by atoms with Crippen molar-refractivity contribution in [3.63, 3.8) is 0 Å². The maximum atomic E-state index is 5.32. The molecule has 2 rings (SSSR count). The lowest BCUT2D eigenvalue weighted by atomic mass is 10.2. The van der Waals surface area contributed by atoms with Crippen LogP contribution >= 0.6 is 12.2 Å². The topological polar surface area (TPSA) is 37.0 Å². The van der Waals surface area contributed by atoms with Gasteiger partial charge in [-0.2, -0.15) is 0 Å². The largest absolute Gasteiger partial charge is 0.354 e. The fourth-order valence-corrected chi connectivity index (χ4v) is 2.06. The maximum absolute atomic E-state index is 5.32. The number of anilines is 1. The van der Waals surface area contributed by atoms with Gasteiger partial charge in [-0.25, -0.2) is 0 Å². The van der Waals surface area contributed by atoms with E-state index in [4.69, 9.17) is 12.2 Å². The third-order valence-electron chi connectivity index (χ3n) is 2.87. The fraction of sp³-hybridized carbons (Fsp3) is 0.200. The molecule has 0 aliphatic heterocycles. The van der Waals surface area contributed by atoms with Gasteiger partial charge in [0.25, 0.3) is 0 Å². The van der Waals surface area contributed by atoms with Crippen molar-refractivity contribution in [3.05, 3.63) is 59.9 Å². The Hall–Kier alpha value is -1.94. The summed E-state index contributed by atoms with van der Waals surface area (Å²) < 4.78 is 0. The van der Waals surface area contributed by atoms with Crippen LogP contribution in [-0.4, -0.2) is 10.1 Å². The van der Waals surface area contributed by atoms with Gasteiger partial charge in [0.15, 0.2) is 5.11 Å². The highest BCUT2D eigenvalue weighted by Crippen LogP contribution is 2.14. The minimum Gasteiger partial charge on any atom is -0.354 e. The van der Waals surface area contributed by atoms with Crippen LogP contribution in [0.15, 0.2) is 48.7 Å². The molecule has 1 aromatic heterocycles. The molecule has 0 saturated heterocycles. The number of pyridine rings is 1. The van der Waals surface area contributed by atoms with Crippen LogP contribution in [0.1, 0.15) is 24.2 Å². The Bertz CT molecular complexity index is 554. The van der Waals surface area contributed by atoms with Crippen LogP contribution in [-0.2, 0) is 0 Å². The minimum atomic E-state index is 0.0743. The van der Waals surface area contributed by atoms with Crippen LogP contribution < -0.4 is 10.6 Å². The smallest absolute Gasteiger partial charge is 0.171 e. The molecule has 1 atom stereocenters. The molecular formula is C15H17N3S. The van der Waals surface area contributed by atoms with Crippen molar-refractivity contribution >= 4 is 23.0 Å². The summed E-state index contributed by atoms with van der Waals surface area (Å²) in [5.74, 6) is 0. The molecule has 2 N–H and O–H groups in total. The zero-order valence-corrected chi connectivity index (χ0v) is 11.9. The standard InChI is InChI=1S/C15H17N3S/c1-11-7-3-4-8-13(11)18-15(19)17-12(2)14-9-5-6-10-16-14/h3-10,12H,1-2H3,(H2,17,18,19)/t12-/m0/s1. The van der Waals surface area contributed by atoms with Crippen molar-refractivity contribution in [1.82, 2.24) is 10.3 Å². The monoisotopic (exact) mass is 271 g/mol. The van der Waals surface area contributed by atoms with E-state index in [0.717, 1.165) is 16.9 Å². The molecule has 3 nitrogen and oxygen atoms in total. The number of nitrogens with zero attached hydrogens (tertiary/aromatic N) is 1. The van der Waals surface area contributed by atoms with Crippen LogP contribution in [0.25, 0.3) is 0 Å². The van der Waals surface area contributed by atoms with Crippen LogP contribution in [0.2, 0.25) is 0 Å². The number of thiocarbonyl (C=S) groups is 1. The second-order valence-corrected chi connectivity index (χ2v) is 4.80. The van der Waals surface area contributed by atoms with E-state index >= 15 is 0 Å². The summed E-state index contributed by atoms with van der Waals surface area (Å²) in [6, 6.07) is 14.0. The first-order chi connectivity index (χ1) is 9.16. The van der Waals surface area contributed by atoms with E-state index in [2.05, 4.69) is 15.6 Å². The van der Waals surface area contributed by atoms with Crippen LogP contribution in [0.4, 0.5) is 5.69 Å². The summed E-state index contributed by atoms with van der Waals surface area (Å²) in [5, 5.41) is 7.04. The van der Waals surface area contributed by atoms with Crippen molar-refractivity contribution in [2.24, 2.45) is 0 Å².